The van der Waals surface area contributed by atoms with E-state index in [-0.39, 0.29) is 17.5 Å². The molecule has 0 aliphatic heterocycles. The number of hydrogen-bond acceptors (Lipinski definition) is 6. The second-order valence-corrected chi connectivity index (χ2v) is 6.04. The van der Waals surface area contributed by atoms with Crippen LogP contribution in [0.2, 0.25) is 0 Å². The molecule has 0 aliphatic rings. The van der Waals surface area contributed by atoms with Crippen molar-refractivity contribution in [1.82, 2.24) is 20.6 Å². The number of rotatable bonds is 7. The molecule has 0 saturated carbocycles. The Morgan fingerprint density at radius 1 is 1.16 bits per heavy atom. The summed E-state index contributed by atoms with van der Waals surface area (Å²) in [6, 6.07) is 11.6. The van der Waals surface area contributed by atoms with Gasteiger partial charge in [0.25, 0.3) is 5.91 Å². The molecule has 1 N–H and O–H groups in total. The summed E-state index contributed by atoms with van der Waals surface area (Å²) in [6.07, 6.45) is 1.08. The van der Waals surface area contributed by atoms with Crippen LogP contribution in [0.3, 0.4) is 0 Å². The Morgan fingerprint density at radius 3 is 2.68 bits per heavy atom. The summed E-state index contributed by atoms with van der Waals surface area (Å²) in [5.41, 5.74) is 1.40. The summed E-state index contributed by atoms with van der Waals surface area (Å²) in [6.45, 7) is 4.34. The Bertz CT molecular complexity index is 824. The van der Waals surface area contributed by atoms with Crippen molar-refractivity contribution in [2.75, 3.05) is 6.54 Å². The van der Waals surface area contributed by atoms with Crippen LogP contribution < -0.4 is 5.32 Å². The number of nitrogens with one attached hydrogen (secondary N) is 1. The van der Waals surface area contributed by atoms with Crippen molar-refractivity contribution in [3.8, 4) is 0 Å². The fourth-order valence-electron chi connectivity index (χ4n) is 2.28. The maximum absolute atomic E-state index is 12.0. The number of carbonyl (C=O) groups excluding carboxylic acids is 1. The molecule has 2 aromatic heterocycles. The van der Waals surface area contributed by atoms with Crippen LogP contribution in [0.25, 0.3) is 0 Å². The topological polar surface area (TPSA) is 94.1 Å². The summed E-state index contributed by atoms with van der Waals surface area (Å²) >= 11 is 0. The maximum atomic E-state index is 12.0. The van der Waals surface area contributed by atoms with Crippen LogP contribution in [0.5, 0.6) is 0 Å². The Kier molecular flexibility index (Phi) is 5.23. The summed E-state index contributed by atoms with van der Waals surface area (Å²) in [5, 5.41) is 10.5. The predicted octanol–water partition coefficient (Wildman–Crippen LogP) is 2.74. The maximum Gasteiger partial charge on any atom is 0.273 e. The van der Waals surface area contributed by atoms with Gasteiger partial charge in [0, 0.05) is 31.4 Å². The summed E-state index contributed by atoms with van der Waals surface area (Å²) in [4.78, 5) is 16.4. The highest BCUT2D eigenvalue weighted by Crippen LogP contribution is 2.14. The van der Waals surface area contributed by atoms with E-state index in [2.05, 4.69) is 20.6 Å². The van der Waals surface area contributed by atoms with Crippen LogP contribution >= 0.6 is 0 Å². The molecule has 1 aromatic carbocycles. The van der Waals surface area contributed by atoms with Gasteiger partial charge >= 0.3 is 0 Å². The highest BCUT2D eigenvalue weighted by Gasteiger charge is 2.14. The van der Waals surface area contributed by atoms with E-state index in [1.807, 2.05) is 44.2 Å². The van der Waals surface area contributed by atoms with E-state index in [4.69, 9.17) is 9.05 Å². The quantitative estimate of drug-likeness (QED) is 0.711. The first-order valence-electron chi connectivity index (χ1n) is 8.22. The molecule has 25 heavy (non-hydrogen) atoms. The smallest absolute Gasteiger partial charge is 0.273 e. The van der Waals surface area contributed by atoms with E-state index in [1.165, 1.54) is 0 Å². The molecule has 130 valence electrons. The normalized spacial score (nSPS) is 11.0. The van der Waals surface area contributed by atoms with E-state index in [9.17, 15) is 4.79 Å². The fourth-order valence-corrected chi connectivity index (χ4v) is 2.28. The molecule has 7 nitrogen and oxygen atoms in total. The van der Waals surface area contributed by atoms with Gasteiger partial charge in [0.2, 0.25) is 5.89 Å². The van der Waals surface area contributed by atoms with Crippen molar-refractivity contribution in [3.05, 3.63) is 65.1 Å². The van der Waals surface area contributed by atoms with Crippen LogP contribution in [-0.2, 0) is 12.8 Å². The highest BCUT2D eigenvalue weighted by molar-refractivity contribution is 5.92. The molecule has 3 rings (SSSR count). The van der Waals surface area contributed by atoms with Gasteiger partial charge in [-0.2, -0.15) is 4.98 Å². The molecule has 2 heterocycles. The van der Waals surface area contributed by atoms with E-state index in [0.29, 0.717) is 36.9 Å². The lowest BCUT2D eigenvalue weighted by Gasteiger charge is -1.99. The zero-order valence-electron chi connectivity index (χ0n) is 14.2. The predicted molar refractivity (Wildman–Crippen MR) is 90.2 cm³/mol. The minimum absolute atomic E-state index is 0.190. The number of carbonyl (C=O) groups is 1. The SMILES string of the molecule is CC(C)c1cc(C(=O)NCCc2nc(Cc3ccccc3)no2)no1. The zero-order valence-corrected chi connectivity index (χ0v) is 14.2. The van der Waals surface area contributed by atoms with Crippen molar-refractivity contribution in [3.63, 3.8) is 0 Å². The number of hydrogen-bond donors (Lipinski definition) is 1. The molecule has 0 spiro atoms. The van der Waals surface area contributed by atoms with Crippen molar-refractivity contribution in [1.29, 1.82) is 0 Å². The average molecular weight is 340 g/mol. The van der Waals surface area contributed by atoms with Gasteiger partial charge in [-0.3, -0.25) is 4.79 Å². The lowest BCUT2D eigenvalue weighted by atomic mass is 10.1. The van der Waals surface area contributed by atoms with Gasteiger partial charge in [-0.05, 0) is 5.56 Å². The zero-order chi connectivity index (χ0) is 17.6. The van der Waals surface area contributed by atoms with Crippen LogP contribution in [0.15, 0.2) is 45.4 Å². The Morgan fingerprint density at radius 2 is 1.96 bits per heavy atom. The van der Waals surface area contributed by atoms with Gasteiger partial charge in [0.1, 0.15) is 5.76 Å². The van der Waals surface area contributed by atoms with Gasteiger partial charge < -0.3 is 14.4 Å². The van der Waals surface area contributed by atoms with E-state index in [0.717, 1.165) is 5.56 Å². The van der Waals surface area contributed by atoms with Crippen molar-refractivity contribution in [2.24, 2.45) is 0 Å². The number of aromatic nitrogens is 3. The molecule has 3 aromatic rings. The minimum Gasteiger partial charge on any atom is -0.360 e. The molecule has 0 atom stereocenters. The van der Waals surface area contributed by atoms with Crippen molar-refractivity contribution in [2.45, 2.75) is 32.6 Å². The Labute approximate surface area is 145 Å². The number of amides is 1. The van der Waals surface area contributed by atoms with Crippen LogP contribution in [0, 0.1) is 0 Å². The first-order chi connectivity index (χ1) is 12.1. The highest BCUT2D eigenvalue weighted by atomic mass is 16.5. The summed E-state index contributed by atoms with van der Waals surface area (Å²) < 4.78 is 10.3. The third kappa shape index (κ3) is 4.53. The first kappa shape index (κ1) is 16.9. The third-order valence-corrected chi connectivity index (χ3v) is 3.67. The van der Waals surface area contributed by atoms with Gasteiger partial charge in [-0.25, -0.2) is 0 Å². The Balaban J connectivity index is 1.48. The van der Waals surface area contributed by atoms with E-state index >= 15 is 0 Å². The molecule has 0 fully saturated rings. The molecule has 0 unspecified atom stereocenters. The molecule has 0 saturated heterocycles. The third-order valence-electron chi connectivity index (χ3n) is 3.67. The summed E-state index contributed by atoms with van der Waals surface area (Å²) in [7, 11) is 0. The van der Waals surface area contributed by atoms with Crippen LogP contribution in [0.1, 0.15) is 53.3 Å². The second-order valence-electron chi connectivity index (χ2n) is 6.04. The average Bonchev–Trinajstić information content (AvgIpc) is 3.25. The second kappa shape index (κ2) is 7.74. The standard InChI is InChI=1S/C18H20N4O3/c1-12(2)15-11-14(21-24-15)18(23)19-9-8-17-20-16(22-25-17)10-13-6-4-3-5-7-13/h3-7,11-12H,8-10H2,1-2H3,(H,19,23). The minimum atomic E-state index is -0.278. The van der Waals surface area contributed by atoms with E-state index in [1.54, 1.807) is 6.07 Å². The van der Waals surface area contributed by atoms with Gasteiger partial charge in [0.05, 0.1) is 0 Å². The molecule has 0 aliphatic carbocycles. The lowest BCUT2D eigenvalue weighted by molar-refractivity contribution is 0.0944. The van der Waals surface area contributed by atoms with Crippen LogP contribution in [0.4, 0.5) is 0 Å². The largest absolute Gasteiger partial charge is 0.360 e. The number of benzene rings is 1. The summed E-state index contributed by atoms with van der Waals surface area (Å²) in [5.74, 6) is 1.72. The molecule has 0 radical (unpaired) electrons. The van der Waals surface area contributed by atoms with Gasteiger partial charge in [-0.15, -0.1) is 0 Å². The van der Waals surface area contributed by atoms with Crippen LogP contribution in [-0.4, -0.2) is 27.7 Å². The Hall–Kier alpha value is -2.96. The fraction of sp³-hybridized carbons (Fsp3) is 0.333. The molecule has 0 bridgehead atoms. The number of nitrogens with zero attached hydrogens (tertiary/aromatic N) is 3. The monoisotopic (exact) mass is 340 g/mol. The lowest BCUT2D eigenvalue weighted by Crippen LogP contribution is -2.26. The van der Waals surface area contributed by atoms with Crippen molar-refractivity contribution < 1.29 is 13.8 Å². The molecular weight excluding hydrogens is 320 g/mol. The van der Waals surface area contributed by atoms with Crippen molar-refractivity contribution >= 4 is 5.91 Å². The first-order valence-corrected chi connectivity index (χ1v) is 8.22. The molecule has 1 amide bonds. The van der Waals surface area contributed by atoms with Gasteiger partial charge in [-0.1, -0.05) is 54.5 Å². The molecular formula is C18H20N4O3. The van der Waals surface area contributed by atoms with E-state index < -0.39 is 0 Å². The van der Waals surface area contributed by atoms with Gasteiger partial charge in [0.15, 0.2) is 11.5 Å². The molecule has 7 heteroatoms.